The number of hydrogen-bond donors (Lipinski definition) is 3. The molecule has 1 fully saturated rings. The number of piperidine rings is 1. The molecule has 106 valence electrons. The first kappa shape index (κ1) is 14.4. The molecule has 2 atom stereocenters. The summed E-state index contributed by atoms with van der Waals surface area (Å²) < 4.78 is 25.7. The van der Waals surface area contributed by atoms with Gasteiger partial charge in [0.2, 0.25) is 0 Å². The Bertz CT molecular complexity index is 380. The largest absolute Gasteiger partial charge is 0.385 e. The fraction of sp³-hybridized carbons (Fsp3) is 0.571. The van der Waals surface area contributed by atoms with Crippen LogP contribution < -0.4 is 10.6 Å². The third kappa shape index (κ3) is 3.49. The van der Waals surface area contributed by atoms with Gasteiger partial charge in [0.15, 0.2) is 0 Å². The third-order valence-electron chi connectivity index (χ3n) is 3.71. The SMILES string of the molecule is O[C@H](C(F)F)[C@@]1(NCc2ccccc2)CCCNC1. The molecule has 5 heteroatoms. The predicted molar refractivity (Wildman–Crippen MR) is 70.1 cm³/mol. The maximum absolute atomic E-state index is 12.9. The number of hydrogen-bond acceptors (Lipinski definition) is 3. The number of benzene rings is 1. The van der Waals surface area contributed by atoms with Gasteiger partial charge in [-0.3, -0.25) is 0 Å². The lowest BCUT2D eigenvalue weighted by Crippen LogP contribution is -2.64. The van der Waals surface area contributed by atoms with Gasteiger partial charge < -0.3 is 15.7 Å². The minimum atomic E-state index is -2.73. The van der Waals surface area contributed by atoms with Crippen LogP contribution in [-0.4, -0.2) is 36.3 Å². The van der Waals surface area contributed by atoms with Crippen LogP contribution in [0.4, 0.5) is 8.78 Å². The van der Waals surface area contributed by atoms with E-state index in [0.717, 1.165) is 18.5 Å². The normalized spacial score (nSPS) is 25.5. The molecule has 0 spiro atoms. The van der Waals surface area contributed by atoms with E-state index < -0.39 is 18.1 Å². The number of aliphatic hydroxyl groups excluding tert-OH is 1. The Labute approximate surface area is 112 Å². The first-order valence-corrected chi connectivity index (χ1v) is 6.60. The van der Waals surface area contributed by atoms with Crippen molar-refractivity contribution in [1.29, 1.82) is 0 Å². The average Bonchev–Trinajstić information content (AvgIpc) is 2.46. The van der Waals surface area contributed by atoms with Crippen LogP contribution in [0.1, 0.15) is 18.4 Å². The molecular weight excluding hydrogens is 250 g/mol. The number of alkyl halides is 2. The van der Waals surface area contributed by atoms with E-state index in [2.05, 4.69) is 10.6 Å². The van der Waals surface area contributed by atoms with Crippen molar-refractivity contribution in [3.8, 4) is 0 Å². The Morgan fingerprint density at radius 2 is 2.05 bits per heavy atom. The van der Waals surface area contributed by atoms with Crippen molar-refractivity contribution in [2.75, 3.05) is 13.1 Å². The third-order valence-corrected chi connectivity index (χ3v) is 3.71. The molecule has 0 bridgehead atoms. The van der Waals surface area contributed by atoms with Gasteiger partial charge in [-0.1, -0.05) is 30.3 Å². The van der Waals surface area contributed by atoms with Crippen LogP contribution in [0.15, 0.2) is 30.3 Å². The van der Waals surface area contributed by atoms with E-state index in [1.54, 1.807) is 0 Å². The number of rotatable bonds is 5. The monoisotopic (exact) mass is 270 g/mol. The first-order chi connectivity index (χ1) is 9.14. The Kier molecular flexibility index (Phi) is 4.85. The lowest BCUT2D eigenvalue weighted by Gasteiger charge is -2.42. The molecule has 3 N–H and O–H groups in total. The Hall–Kier alpha value is -1.04. The van der Waals surface area contributed by atoms with Crippen molar-refractivity contribution >= 4 is 0 Å². The molecule has 0 radical (unpaired) electrons. The molecule has 1 aromatic carbocycles. The van der Waals surface area contributed by atoms with Crippen molar-refractivity contribution in [2.45, 2.75) is 37.5 Å². The number of nitrogens with one attached hydrogen (secondary N) is 2. The highest BCUT2D eigenvalue weighted by Gasteiger charge is 2.43. The first-order valence-electron chi connectivity index (χ1n) is 6.60. The van der Waals surface area contributed by atoms with E-state index in [0.29, 0.717) is 19.5 Å². The van der Waals surface area contributed by atoms with Crippen LogP contribution in [-0.2, 0) is 6.54 Å². The van der Waals surface area contributed by atoms with Gasteiger partial charge in [-0.05, 0) is 24.9 Å². The maximum Gasteiger partial charge on any atom is 0.265 e. The smallest absolute Gasteiger partial charge is 0.265 e. The standard InChI is InChI=1S/C14H20F2N2O/c15-13(16)12(19)14(7-4-8-17-10-14)18-9-11-5-2-1-3-6-11/h1-3,5-6,12-13,17-19H,4,7-10H2/t12-,14-/m1/s1. The van der Waals surface area contributed by atoms with Crippen molar-refractivity contribution in [1.82, 2.24) is 10.6 Å². The summed E-state index contributed by atoms with van der Waals surface area (Å²) >= 11 is 0. The zero-order valence-electron chi connectivity index (χ0n) is 10.8. The van der Waals surface area contributed by atoms with Crippen LogP contribution in [0, 0.1) is 0 Å². The van der Waals surface area contributed by atoms with Gasteiger partial charge in [0.25, 0.3) is 6.43 Å². The molecule has 0 saturated carbocycles. The van der Waals surface area contributed by atoms with Gasteiger partial charge in [-0.25, -0.2) is 8.78 Å². The quantitative estimate of drug-likeness (QED) is 0.760. The molecule has 2 rings (SSSR count). The van der Waals surface area contributed by atoms with Crippen LogP contribution in [0.3, 0.4) is 0 Å². The van der Waals surface area contributed by atoms with Crippen LogP contribution >= 0.6 is 0 Å². The van der Waals surface area contributed by atoms with E-state index in [-0.39, 0.29) is 0 Å². The lowest BCUT2D eigenvalue weighted by molar-refractivity contribution is -0.0685. The minimum Gasteiger partial charge on any atom is -0.385 e. The van der Waals surface area contributed by atoms with Crippen molar-refractivity contribution in [3.63, 3.8) is 0 Å². The summed E-state index contributed by atoms with van der Waals surface area (Å²) in [5.74, 6) is 0. The fourth-order valence-electron chi connectivity index (χ4n) is 2.55. The summed E-state index contributed by atoms with van der Waals surface area (Å²) in [5, 5.41) is 16.1. The van der Waals surface area contributed by atoms with E-state index in [4.69, 9.17) is 0 Å². The molecule has 0 aromatic heterocycles. The second kappa shape index (κ2) is 6.41. The van der Waals surface area contributed by atoms with Crippen molar-refractivity contribution in [3.05, 3.63) is 35.9 Å². The zero-order valence-corrected chi connectivity index (χ0v) is 10.8. The molecule has 1 aromatic rings. The summed E-state index contributed by atoms with van der Waals surface area (Å²) in [4.78, 5) is 0. The van der Waals surface area contributed by atoms with Crippen molar-refractivity contribution in [2.24, 2.45) is 0 Å². The van der Waals surface area contributed by atoms with Gasteiger partial charge in [-0.15, -0.1) is 0 Å². The van der Waals surface area contributed by atoms with E-state index >= 15 is 0 Å². The molecule has 3 nitrogen and oxygen atoms in total. The van der Waals surface area contributed by atoms with E-state index in [1.807, 2.05) is 30.3 Å². The molecule has 19 heavy (non-hydrogen) atoms. The molecule has 1 aliphatic rings. The number of halogens is 2. The molecule has 1 heterocycles. The topological polar surface area (TPSA) is 44.3 Å². The molecule has 0 aliphatic carbocycles. The summed E-state index contributed by atoms with van der Waals surface area (Å²) in [6.45, 7) is 1.66. The summed E-state index contributed by atoms with van der Waals surface area (Å²) in [5.41, 5.74) is 0.0799. The Morgan fingerprint density at radius 3 is 2.63 bits per heavy atom. The van der Waals surface area contributed by atoms with Gasteiger partial charge >= 0.3 is 0 Å². The summed E-state index contributed by atoms with van der Waals surface area (Å²) in [6.07, 6.45) is -3.05. The van der Waals surface area contributed by atoms with Gasteiger partial charge in [-0.2, -0.15) is 0 Å². The molecular formula is C14H20F2N2O. The van der Waals surface area contributed by atoms with Crippen LogP contribution in [0.5, 0.6) is 0 Å². The average molecular weight is 270 g/mol. The summed E-state index contributed by atoms with van der Waals surface area (Å²) in [6, 6.07) is 9.60. The predicted octanol–water partition coefficient (Wildman–Crippen LogP) is 1.52. The van der Waals surface area contributed by atoms with Crippen LogP contribution in [0.25, 0.3) is 0 Å². The Morgan fingerprint density at radius 1 is 1.32 bits per heavy atom. The van der Waals surface area contributed by atoms with Crippen LogP contribution in [0.2, 0.25) is 0 Å². The van der Waals surface area contributed by atoms with Gasteiger partial charge in [0, 0.05) is 13.1 Å². The van der Waals surface area contributed by atoms with Crippen molar-refractivity contribution < 1.29 is 13.9 Å². The maximum atomic E-state index is 12.9. The summed E-state index contributed by atoms with van der Waals surface area (Å²) in [7, 11) is 0. The molecule has 1 aliphatic heterocycles. The second-order valence-electron chi connectivity index (χ2n) is 5.05. The lowest BCUT2D eigenvalue weighted by atomic mass is 9.84. The molecule has 1 saturated heterocycles. The highest BCUT2D eigenvalue weighted by Crippen LogP contribution is 2.25. The van der Waals surface area contributed by atoms with E-state index in [1.165, 1.54) is 0 Å². The highest BCUT2D eigenvalue weighted by molar-refractivity contribution is 5.15. The minimum absolute atomic E-state index is 0.366. The highest BCUT2D eigenvalue weighted by atomic mass is 19.3. The van der Waals surface area contributed by atoms with E-state index in [9.17, 15) is 13.9 Å². The molecule has 0 amide bonds. The second-order valence-corrected chi connectivity index (χ2v) is 5.05. The molecule has 0 unspecified atom stereocenters. The zero-order chi connectivity index (χ0) is 13.7. The number of aliphatic hydroxyl groups is 1. The van der Waals surface area contributed by atoms with Gasteiger partial charge in [0.1, 0.15) is 6.10 Å². The van der Waals surface area contributed by atoms with Gasteiger partial charge in [0.05, 0.1) is 5.54 Å². The Balaban J connectivity index is 2.05. The fourth-order valence-corrected chi connectivity index (χ4v) is 2.55.